The minimum atomic E-state index is -0.332. The Kier molecular flexibility index (Phi) is 1.63. The van der Waals surface area contributed by atoms with Crippen LogP contribution in [0.3, 0.4) is 0 Å². The van der Waals surface area contributed by atoms with Crippen molar-refractivity contribution in [3.8, 4) is 0 Å². The lowest BCUT2D eigenvalue weighted by Gasteiger charge is -2.01. The summed E-state index contributed by atoms with van der Waals surface area (Å²) in [6.45, 7) is 0. The molecule has 0 unspecified atom stereocenters. The number of rotatable bonds is 0. The van der Waals surface area contributed by atoms with E-state index in [1.165, 1.54) is 18.5 Å². The smallest absolute Gasteiger partial charge is 0.198 e. The van der Waals surface area contributed by atoms with Crippen molar-refractivity contribution in [3.05, 3.63) is 35.5 Å². The Morgan fingerprint density at radius 1 is 1.33 bits per heavy atom. The van der Waals surface area contributed by atoms with Crippen molar-refractivity contribution in [1.82, 2.24) is 19.6 Å². The maximum Gasteiger partial charge on any atom is 0.198 e. The normalized spacial score (nSPS) is 11.3. The fraction of sp³-hybridized carbons (Fsp3) is 0. The number of halogens is 2. The Bertz CT molecular complexity index is 664. The third-order valence-electron chi connectivity index (χ3n) is 2.15. The van der Waals surface area contributed by atoms with Gasteiger partial charge in [-0.2, -0.15) is 0 Å². The van der Waals surface area contributed by atoms with Gasteiger partial charge in [0.2, 0.25) is 0 Å². The van der Waals surface area contributed by atoms with Gasteiger partial charge in [0.1, 0.15) is 12.1 Å². The number of fused-ring (bicyclic) bond motifs is 3. The first-order valence-corrected chi connectivity index (χ1v) is 4.58. The van der Waals surface area contributed by atoms with Gasteiger partial charge in [-0.25, -0.2) is 9.37 Å². The molecule has 0 aliphatic heterocycles. The van der Waals surface area contributed by atoms with Crippen LogP contribution in [0.5, 0.6) is 0 Å². The molecule has 0 N–H and O–H groups in total. The average molecular weight is 223 g/mol. The third kappa shape index (κ3) is 1.16. The Morgan fingerprint density at radius 2 is 2.20 bits per heavy atom. The number of hydrogen-bond acceptors (Lipinski definition) is 3. The molecule has 0 atom stereocenters. The standard InChI is InChI=1S/C9H4ClFN4/c10-8-9-14-12-4-15(9)7-3-5(11)1-2-6(7)13-8/h1-4H. The highest BCUT2D eigenvalue weighted by Crippen LogP contribution is 2.20. The quantitative estimate of drug-likeness (QED) is 0.585. The number of aromatic nitrogens is 4. The monoisotopic (exact) mass is 222 g/mol. The summed E-state index contributed by atoms with van der Waals surface area (Å²) in [4.78, 5) is 4.09. The molecule has 1 aromatic carbocycles. The van der Waals surface area contributed by atoms with Crippen LogP contribution in [-0.4, -0.2) is 19.6 Å². The van der Waals surface area contributed by atoms with Crippen molar-refractivity contribution in [2.24, 2.45) is 0 Å². The van der Waals surface area contributed by atoms with Crippen LogP contribution >= 0.6 is 11.6 Å². The predicted octanol–water partition coefficient (Wildman–Crippen LogP) is 2.07. The summed E-state index contributed by atoms with van der Waals surface area (Å²) in [7, 11) is 0. The second kappa shape index (κ2) is 2.87. The largest absolute Gasteiger partial charge is 0.277 e. The Morgan fingerprint density at radius 3 is 3.07 bits per heavy atom. The third-order valence-corrected chi connectivity index (χ3v) is 2.40. The van der Waals surface area contributed by atoms with E-state index in [0.717, 1.165) is 0 Å². The van der Waals surface area contributed by atoms with Gasteiger partial charge in [-0.15, -0.1) is 10.2 Å². The zero-order chi connectivity index (χ0) is 10.4. The highest BCUT2D eigenvalue weighted by atomic mass is 35.5. The van der Waals surface area contributed by atoms with E-state index in [1.807, 2.05) is 0 Å². The van der Waals surface area contributed by atoms with Gasteiger partial charge >= 0.3 is 0 Å². The summed E-state index contributed by atoms with van der Waals surface area (Å²) in [5.74, 6) is -0.332. The molecule has 0 saturated carbocycles. The molecule has 0 spiro atoms. The van der Waals surface area contributed by atoms with E-state index in [0.29, 0.717) is 16.7 Å². The van der Waals surface area contributed by atoms with Gasteiger partial charge in [0, 0.05) is 6.07 Å². The number of nitrogens with zero attached hydrogens (tertiary/aromatic N) is 4. The summed E-state index contributed by atoms with van der Waals surface area (Å²) in [5.41, 5.74) is 1.63. The van der Waals surface area contributed by atoms with Crippen molar-refractivity contribution in [3.63, 3.8) is 0 Å². The molecular weight excluding hydrogens is 219 g/mol. The molecule has 0 fully saturated rings. The van der Waals surface area contributed by atoms with Crippen molar-refractivity contribution >= 4 is 28.3 Å². The number of hydrogen-bond donors (Lipinski definition) is 0. The zero-order valence-corrected chi connectivity index (χ0v) is 8.11. The summed E-state index contributed by atoms with van der Waals surface area (Å²) in [5, 5.41) is 7.76. The van der Waals surface area contributed by atoms with E-state index in [2.05, 4.69) is 15.2 Å². The molecule has 3 rings (SSSR count). The van der Waals surface area contributed by atoms with E-state index in [9.17, 15) is 4.39 Å². The zero-order valence-electron chi connectivity index (χ0n) is 7.35. The van der Waals surface area contributed by atoms with Crippen LogP contribution in [0, 0.1) is 5.82 Å². The van der Waals surface area contributed by atoms with Gasteiger partial charge in [-0.3, -0.25) is 4.40 Å². The van der Waals surface area contributed by atoms with E-state index < -0.39 is 0 Å². The molecular formula is C9H4ClFN4. The summed E-state index contributed by atoms with van der Waals surface area (Å²) in [6.07, 6.45) is 1.48. The van der Waals surface area contributed by atoms with Crippen molar-refractivity contribution < 1.29 is 4.39 Å². The highest BCUT2D eigenvalue weighted by molar-refractivity contribution is 6.32. The van der Waals surface area contributed by atoms with Gasteiger partial charge in [0.15, 0.2) is 10.8 Å². The van der Waals surface area contributed by atoms with Crippen molar-refractivity contribution in [1.29, 1.82) is 0 Å². The lowest BCUT2D eigenvalue weighted by atomic mass is 10.3. The Hall–Kier alpha value is -1.75. The minimum absolute atomic E-state index is 0.256. The first-order valence-electron chi connectivity index (χ1n) is 4.20. The predicted molar refractivity (Wildman–Crippen MR) is 53.3 cm³/mol. The van der Waals surface area contributed by atoms with Crippen LogP contribution in [0.15, 0.2) is 24.5 Å². The molecule has 0 radical (unpaired) electrons. The van der Waals surface area contributed by atoms with E-state index in [1.54, 1.807) is 10.5 Å². The Balaban J connectivity index is 2.61. The van der Waals surface area contributed by atoms with Gasteiger partial charge in [0.05, 0.1) is 11.0 Å². The molecule has 2 heterocycles. The molecule has 74 valence electrons. The lowest BCUT2D eigenvalue weighted by molar-refractivity contribution is 0.629. The molecule has 2 aromatic heterocycles. The van der Waals surface area contributed by atoms with Gasteiger partial charge in [0.25, 0.3) is 0 Å². The second-order valence-electron chi connectivity index (χ2n) is 3.06. The van der Waals surface area contributed by atoms with E-state index in [4.69, 9.17) is 11.6 Å². The van der Waals surface area contributed by atoms with Crippen molar-refractivity contribution in [2.45, 2.75) is 0 Å². The lowest BCUT2D eigenvalue weighted by Crippen LogP contribution is -1.92. The van der Waals surface area contributed by atoms with Crippen LogP contribution in [0.25, 0.3) is 16.7 Å². The van der Waals surface area contributed by atoms with Crippen LogP contribution in [0.2, 0.25) is 5.15 Å². The second-order valence-corrected chi connectivity index (χ2v) is 3.42. The van der Waals surface area contributed by atoms with Crippen LogP contribution in [0.4, 0.5) is 4.39 Å². The SMILES string of the molecule is Fc1ccc2nc(Cl)c3nncn3c2c1. The fourth-order valence-electron chi connectivity index (χ4n) is 1.49. The molecule has 6 heteroatoms. The highest BCUT2D eigenvalue weighted by Gasteiger charge is 2.08. The molecule has 0 bridgehead atoms. The summed E-state index contributed by atoms with van der Waals surface area (Å²) in [6, 6.07) is 4.27. The van der Waals surface area contributed by atoms with E-state index in [-0.39, 0.29) is 11.0 Å². The molecule has 0 amide bonds. The minimum Gasteiger partial charge on any atom is -0.277 e. The summed E-state index contributed by atoms with van der Waals surface area (Å²) < 4.78 is 14.7. The maximum absolute atomic E-state index is 13.1. The molecule has 15 heavy (non-hydrogen) atoms. The molecule has 0 aliphatic carbocycles. The average Bonchev–Trinajstić information content (AvgIpc) is 2.69. The van der Waals surface area contributed by atoms with Gasteiger partial charge in [-0.05, 0) is 12.1 Å². The van der Waals surface area contributed by atoms with Crippen LogP contribution in [0.1, 0.15) is 0 Å². The van der Waals surface area contributed by atoms with Gasteiger partial charge < -0.3 is 0 Å². The molecule has 0 aliphatic rings. The maximum atomic E-state index is 13.1. The first kappa shape index (κ1) is 8.55. The fourth-order valence-corrected chi connectivity index (χ4v) is 1.71. The molecule has 3 aromatic rings. The summed E-state index contributed by atoms with van der Waals surface area (Å²) >= 11 is 5.89. The number of benzene rings is 1. The molecule has 4 nitrogen and oxygen atoms in total. The topological polar surface area (TPSA) is 43.1 Å². The first-order chi connectivity index (χ1) is 7.25. The van der Waals surface area contributed by atoms with Crippen molar-refractivity contribution in [2.75, 3.05) is 0 Å². The Labute approximate surface area is 88.3 Å². The molecule has 0 saturated heterocycles. The van der Waals surface area contributed by atoms with Crippen LogP contribution < -0.4 is 0 Å². The van der Waals surface area contributed by atoms with E-state index >= 15 is 0 Å². The van der Waals surface area contributed by atoms with Crippen LogP contribution in [-0.2, 0) is 0 Å². The van der Waals surface area contributed by atoms with Gasteiger partial charge in [-0.1, -0.05) is 11.6 Å².